The second kappa shape index (κ2) is 5.70. The van der Waals surface area contributed by atoms with Crippen molar-refractivity contribution in [3.8, 4) is 5.88 Å². The van der Waals surface area contributed by atoms with Gasteiger partial charge in [0.2, 0.25) is 5.88 Å². The Morgan fingerprint density at radius 2 is 2.19 bits per heavy atom. The van der Waals surface area contributed by atoms with Crippen LogP contribution >= 0.6 is 0 Å². The van der Waals surface area contributed by atoms with Gasteiger partial charge in [0, 0.05) is 18.3 Å². The third kappa shape index (κ3) is 3.04. The summed E-state index contributed by atoms with van der Waals surface area (Å²) in [6, 6.07) is 7.46. The number of anilines is 1. The van der Waals surface area contributed by atoms with Crippen LogP contribution in [0.2, 0.25) is 0 Å². The summed E-state index contributed by atoms with van der Waals surface area (Å²) in [4.78, 5) is 4.25. The smallest absolute Gasteiger partial charge is 0.218 e. The first-order valence-corrected chi connectivity index (χ1v) is 6.62. The lowest BCUT2D eigenvalue weighted by Crippen LogP contribution is -2.11. The lowest BCUT2D eigenvalue weighted by atomic mass is 10.2. The number of tetrazole rings is 1. The molecule has 0 saturated heterocycles. The van der Waals surface area contributed by atoms with Crippen LogP contribution in [0.15, 0.2) is 30.5 Å². The molecular formula is C13H15N7O. The number of rotatable bonds is 5. The highest BCUT2D eigenvalue weighted by Crippen LogP contribution is 2.17. The van der Waals surface area contributed by atoms with E-state index in [4.69, 9.17) is 4.74 Å². The van der Waals surface area contributed by atoms with Gasteiger partial charge in [0.1, 0.15) is 5.82 Å². The Morgan fingerprint density at radius 1 is 1.29 bits per heavy atom. The fourth-order valence-corrected chi connectivity index (χ4v) is 1.82. The number of fused-ring (bicyclic) bond motifs is 1. The molecule has 21 heavy (non-hydrogen) atoms. The summed E-state index contributed by atoms with van der Waals surface area (Å²) in [6.45, 7) is 4.49. The molecule has 0 bridgehead atoms. The van der Waals surface area contributed by atoms with E-state index in [0.29, 0.717) is 23.9 Å². The van der Waals surface area contributed by atoms with Crippen LogP contribution < -0.4 is 10.1 Å². The molecule has 0 atom stereocenters. The number of aromatic nitrogens is 6. The molecule has 0 saturated carbocycles. The van der Waals surface area contributed by atoms with Crippen LogP contribution in [-0.4, -0.2) is 36.3 Å². The summed E-state index contributed by atoms with van der Waals surface area (Å²) in [5.41, 5.74) is 1.57. The summed E-state index contributed by atoms with van der Waals surface area (Å²) in [5.74, 6) is 1.30. The average Bonchev–Trinajstić information content (AvgIpc) is 2.93. The van der Waals surface area contributed by atoms with Crippen molar-refractivity contribution in [2.45, 2.75) is 26.5 Å². The van der Waals surface area contributed by atoms with Crippen LogP contribution in [0.1, 0.15) is 19.4 Å². The molecule has 3 heterocycles. The Kier molecular flexibility index (Phi) is 3.59. The molecule has 1 N–H and O–H groups in total. The Labute approximate surface area is 121 Å². The van der Waals surface area contributed by atoms with Gasteiger partial charge in [-0.05, 0) is 42.5 Å². The predicted molar refractivity (Wildman–Crippen MR) is 75.9 cm³/mol. The minimum Gasteiger partial charge on any atom is -0.475 e. The molecular weight excluding hydrogens is 270 g/mol. The first-order valence-electron chi connectivity index (χ1n) is 6.62. The van der Waals surface area contributed by atoms with Crippen LogP contribution in [0.25, 0.3) is 5.65 Å². The summed E-state index contributed by atoms with van der Waals surface area (Å²) in [6.07, 6.45) is 1.79. The van der Waals surface area contributed by atoms with Gasteiger partial charge in [-0.1, -0.05) is 6.07 Å². The van der Waals surface area contributed by atoms with E-state index in [1.807, 2.05) is 32.0 Å². The van der Waals surface area contributed by atoms with Gasteiger partial charge in [0.15, 0.2) is 5.65 Å². The van der Waals surface area contributed by atoms with Gasteiger partial charge in [-0.25, -0.2) is 4.98 Å². The molecule has 0 fully saturated rings. The standard InChI is InChI=1S/C13H15N7O/c1-9(2)21-13-10(4-3-7-14-13)8-15-11-5-6-12-16-18-19-20(12)17-11/h3-7,9H,8H2,1-2H3,(H,15,17). The quantitative estimate of drug-likeness (QED) is 0.755. The van der Waals surface area contributed by atoms with Gasteiger partial charge < -0.3 is 10.1 Å². The van der Waals surface area contributed by atoms with Crippen LogP contribution in [-0.2, 0) is 6.54 Å². The lowest BCUT2D eigenvalue weighted by molar-refractivity contribution is 0.230. The van der Waals surface area contributed by atoms with Gasteiger partial charge in [0.25, 0.3) is 0 Å². The Morgan fingerprint density at radius 3 is 3.05 bits per heavy atom. The van der Waals surface area contributed by atoms with Gasteiger partial charge in [-0.15, -0.1) is 14.8 Å². The van der Waals surface area contributed by atoms with Crippen molar-refractivity contribution in [2.75, 3.05) is 5.32 Å². The second-order valence-corrected chi connectivity index (χ2v) is 4.73. The molecule has 0 aliphatic rings. The van der Waals surface area contributed by atoms with E-state index >= 15 is 0 Å². The van der Waals surface area contributed by atoms with Crippen molar-refractivity contribution in [3.63, 3.8) is 0 Å². The highest BCUT2D eigenvalue weighted by atomic mass is 16.5. The molecule has 0 radical (unpaired) electrons. The van der Waals surface area contributed by atoms with E-state index in [2.05, 4.69) is 30.9 Å². The minimum absolute atomic E-state index is 0.0781. The van der Waals surface area contributed by atoms with Gasteiger partial charge in [-0.3, -0.25) is 0 Å². The van der Waals surface area contributed by atoms with Crippen LogP contribution in [0.4, 0.5) is 5.82 Å². The van der Waals surface area contributed by atoms with Crippen molar-refractivity contribution in [3.05, 3.63) is 36.0 Å². The molecule has 0 unspecified atom stereocenters. The normalized spacial score (nSPS) is 11.0. The molecule has 3 rings (SSSR count). The van der Waals surface area contributed by atoms with Gasteiger partial charge in [0.05, 0.1) is 6.10 Å². The second-order valence-electron chi connectivity index (χ2n) is 4.73. The summed E-state index contributed by atoms with van der Waals surface area (Å²) >= 11 is 0. The van der Waals surface area contributed by atoms with E-state index in [-0.39, 0.29) is 6.10 Å². The summed E-state index contributed by atoms with van der Waals surface area (Å²) in [5, 5.41) is 18.6. The topological polar surface area (TPSA) is 90.1 Å². The largest absolute Gasteiger partial charge is 0.475 e. The molecule has 3 aromatic rings. The summed E-state index contributed by atoms with van der Waals surface area (Å²) in [7, 11) is 0. The molecule has 0 aliphatic heterocycles. The maximum absolute atomic E-state index is 5.68. The van der Waals surface area contributed by atoms with Crippen molar-refractivity contribution < 1.29 is 4.74 Å². The monoisotopic (exact) mass is 285 g/mol. The zero-order valence-electron chi connectivity index (χ0n) is 11.8. The van der Waals surface area contributed by atoms with Crippen molar-refractivity contribution in [1.82, 2.24) is 30.2 Å². The minimum atomic E-state index is 0.0781. The number of nitrogens with zero attached hydrogens (tertiary/aromatic N) is 6. The lowest BCUT2D eigenvalue weighted by Gasteiger charge is -2.13. The summed E-state index contributed by atoms with van der Waals surface area (Å²) < 4.78 is 7.05. The average molecular weight is 285 g/mol. The third-order valence-electron chi connectivity index (χ3n) is 2.73. The van der Waals surface area contributed by atoms with E-state index in [1.54, 1.807) is 12.3 Å². The van der Waals surface area contributed by atoms with Crippen LogP contribution in [0, 0.1) is 0 Å². The zero-order valence-corrected chi connectivity index (χ0v) is 11.8. The van der Waals surface area contributed by atoms with Crippen molar-refractivity contribution in [1.29, 1.82) is 0 Å². The van der Waals surface area contributed by atoms with Gasteiger partial charge in [-0.2, -0.15) is 0 Å². The van der Waals surface area contributed by atoms with E-state index in [1.165, 1.54) is 4.63 Å². The molecule has 0 aromatic carbocycles. The first-order chi connectivity index (χ1) is 10.2. The Hall–Kier alpha value is -2.77. The molecule has 108 valence electrons. The molecule has 8 nitrogen and oxygen atoms in total. The van der Waals surface area contributed by atoms with E-state index < -0.39 is 0 Å². The van der Waals surface area contributed by atoms with Crippen LogP contribution in [0.3, 0.4) is 0 Å². The molecule has 8 heteroatoms. The first kappa shape index (κ1) is 13.2. The fraction of sp³-hybridized carbons (Fsp3) is 0.308. The molecule has 3 aromatic heterocycles. The number of ether oxygens (including phenoxy) is 1. The number of pyridine rings is 1. The maximum Gasteiger partial charge on any atom is 0.218 e. The molecule has 0 amide bonds. The molecule has 0 aliphatic carbocycles. The van der Waals surface area contributed by atoms with Gasteiger partial charge >= 0.3 is 0 Å². The predicted octanol–water partition coefficient (Wildman–Crippen LogP) is 1.31. The van der Waals surface area contributed by atoms with Crippen LogP contribution in [0.5, 0.6) is 5.88 Å². The highest BCUT2D eigenvalue weighted by molar-refractivity contribution is 5.43. The fourth-order valence-electron chi connectivity index (χ4n) is 1.82. The van der Waals surface area contributed by atoms with Crippen molar-refractivity contribution >= 4 is 11.5 Å². The molecule has 0 spiro atoms. The SMILES string of the molecule is CC(C)Oc1ncccc1CNc1ccc2nnnn2n1. The highest BCUT2D eigenvalue weighted by Gasteiger charge is 2.07. The number of hydrogen-bond acceptors (Lipinski definition) is 7. The Bertz CT molecular complexity index is 740. The van der Waals surface area contributed by atoms with Crippen molar-refractivity contribution in [2.24, 2.45) is 0 Å². The zero-order chi connectivity index (χ0) is 14.7. The number of nitrogens with one attached hydrogen (secondary N) is 1. The Balaban J connectivity index is 1.74. The third-order valence-corrected chi connectivity index (χ3v) is 2.73. The van der Waals surface area contributed by atoms with E-state index in [0.717, 1.165) is 5.56 Å². The number of hydrogen-bond donors (Lipinski definition) is 1. The van der Waals surface area contributed by atoms with E-state index in [9.17, 15) is 0 Å². The maximum atomic E-state index is 5.68.